The van der Waals surface area contributed by atoms with Crippen molar-refractivity contribution >= 4 is 0 Å². The molecule has 0 radical (unpaired) electrons. The lowest BCUT2D eigenvalue weighted by molar-refractivity contribution is 0.185. The molecule has 22 heavy (non-hydrogen) atoms. The van der Waals surface area contributed by atoms with Crippen LogP contribution in [0.4, 0.5) is 0 Å². The van der Waals surface area contributed by atoms with E-state index in [1.165, 1.54) is 70.1 Å². The van der Waals surface area contributed by atoms with E-state index < -0.39 is 0 Å². The molecule has 2 aliphatic carbocycles. The molecule has 1 aromatic rings. The molecule has 1 aliphatic heterocycles. The molecule has 1 heterocycles. The summed E-state index contributed by atoms with van der Waals surface area (Å²) in [6.07, 6.45) is 9.52. The summed E-state index contributed by atoms with van der Waals surface area (Å²) < 4.78 is 0. The number of nitrogens with zero attached hydrogens (tertiary/aromatic N) is 1. The lowest BCUT2D eigenvalue weighted by Crippen LogP contribution is -2.43. The van der Waals surface area contributed by atoms with Crippen LogP contribution in [0.3, 0.4) is 0 Å². The maximum absolute atomic E-state index is 9.97. The van der Waals surface area contributed by atoms with E-state index in [1.807, 2.05) is 6.07 Å². The van der Waals surface area contributed by atoms with E-state index in [0.29, 0.717) is 17.1 Å². The van der Waals surface area contributed by atoms with Crippen LogP contribution < -0.4 is 0 Å². The number of aromatic hydroxyl groups is 1. The first-order valence-electron chi connectivity index (χ1n) is 9.22. The van der Waals surface area contributed by atoms with Crippen LogP contribution in [-0.2, 0) is 5.41 Å². The van der Waals surface area contributed by atoms with E-state index in [1.54, 1.807) is 5.56 Å². The van der Waals surface area contributed by atoms with Gasteiger partial charge >= 0.3 is 0 Å². The summed E-state index contributed by atoms with van der Waals surface area (Å²) in [6, 6.07) is 6.21. The SMILES string of the molecule is CC1CCN(CC2CC2)CC2(CCCC2)c2ccc(O)cc21. The number of benzene rings is 1. The van der Waals surface area contributed by atoms with Gasteiger partial charge in [-0.2, -0.15) is 0 Å². The van der Waals surface area contributed by atoms with Crippen LogP contribution in [0.1, 0.15) is 68.9 Å². The normalized spacial score (nSPS) is 28.3. The van der Waals surface area contributed by atoms with E-state index in [0.717, 1.165) is 5.92 Å². The number of rotatable bonds is 2. The second-order valence-electron chi connectivity index (χ2n) is 8.13. The van der Waals surface area contributed by atoms with Gasteiger partial charge < -0.3 is 10.0 Å². The first kappa shape index (κ1) is 14.6. The van der Waals surface area contributed by atoms with Crippen molar-refractivity contribution in [3.05, 3.63) is 29.3 Å². The number of phenols is 1. The summed E-state index contributed by atoms with van der Waals surface area (Å²) in [4.78, 5) is 2.77. The highest BCUT2D eigenvalue weighted by atomic mass is 16.3. The lowest BCUT2D eigenvalue weighted by Gasteiger charge is -2.41. The number of hydrogen-bond acceptors (Lipinski definition) is 2. The van der Waals surface area contributed by atoms with Gasteiger partial charge in [-0.05, 0) is 73.7 Å². The molecular formula is C20H29NO. The zero-order chi connectivity index (χ0) is 15.2. The van der Waals surface area contributed by atoms with Crippen LogP contribution in [0.2, 0.25) is 0 Å². The molecule has 4 rings (SSSR count). The highest BCUT2D eigenvalue weighted by molar-refractivity contribution is 5.43. The van der Waals surface area contributed by atoms with Gasteiger partial charge in [-0.1, -0.05) is 25.8 Å². The molecular weight excluding hydrogens is 270 g/mol. The molecule has 1 spiro atoms. The third-order valence-electron chi connectivity index (χ3n) is 6.32. The third-order valence-corrected chi connectivity index (χ3v) is 6.32. The fourth-order valence-corrected chi connectivity index (χ4v) is 4.87. The summed E-state index contributed by atoms with van der Waals surface area (Å²) in [5.74, 6) is 1.98. The lowest BCUT2D eigenvalue weighted by atomic mass is 9.72. The Balaban J connectivity index is 1.72. The minimum atomic E-state index is 0.354. The average molecular weight is 299 g/mol. The molecule has 1 unspecified atom stereocenters. The molecule has 3 aliphatic rings. The Morgan fingerprint density at radius 2 is 1.95 bits per heavy atom. The molecule has 0 aromatic heterocycles. The van der Waals surface area contributed by atoms with Gasteiger partial charge in [-0.25, -0.2) is 0 Å². The minimum Gasteiger partial charge on any atom is -0.508 e. The van der Waals surface area contributed by atoms with Crippen molar-refractivity contribution in [1.82, 2.24) is 4.90 Å². The predicted octanol–water partition coefficient (Wildman–Crippen LogP) is 4.42. The highest BCUT2D eigenvalue weighted by Crippen LogP contribution is 2.47. The topological polar surface area (TPSA) is 23.5 Å². The van der Waals surface area contributed by atoms with Crippen molar-refractivity contribution in [3.8, 4) is 5.75 Å². The zero-order valence-electron chi connectivity index (χ0n) is 13.9. The summed E-state index contributed by atoms with van der Waals surface area (Å²) >= 11 is 0. The number of phenolic OH excluding ortho intramolecular Hbond substituents is 1. The minimum absolute atomic E-state index is 0.354. The second-order valence-corrected chi connectivity index (χ2v) is 8.13. The molecule has 2 fully saturated rings. The Kier molecular flexibility index (Phi) is 3.68. The van der Waals surface area contributed by atoms with Gasteiger partial charge in [0.1, 0.15) is 5.75 Å². The van der Waals surface area contributed by atoms with Crippen molar-refractivity contribution < 1.29 is 5.11 Å². The van der Waals surface area contributed by atoms with Crippen LogP contribution in [0.15, 0.2) is 18.2 Å². The molecule has 120 valence electrons. The quantitative estimate of drug-likeness (QED) is 0.873. The van der Waals surface area contributed by atoms with Gasteiger partial charge in [0.25, 0.3) is 0 Å². The first-order valence-corrected chi connectivity index (χ1v) is 9.22. The van der Waals surface area contributed by atoms with Crippen LogP contribution in [-0.4, -0.2) is 29.6 Å². The van der Waals surface area contributed by atoms with Crippen LogP contribution >= 0.6 is 0 Å². The monoisotopic (exact) mass is 299 g/mol. The smallest absolute Gasteiger partial charge is 0.115 e. The van der Waals surface area contributed by atoms with Crippen molar-refractivity contribution in [2.24, 2.45) is 5.92 Å². The maximum atomic E-state index is 9.97. The van der Waals surface area contributed by atoms with Gasteiger partial charge in [-0.3, -0.25) is 0 Å². The van der Waals surface area contributed by atoms with Gasteiger partial charge in [0, 0.05) is 18.5 Å². The fourth-order valence-electron chi connectivity index (χ4n) is 4.87. The molecule has 1 atom stereocenters. The highest BCUT2D eigenvalue weighted by Gasteiger charge is 2.41. The molecule has 2 heteroatoms. The first-order chi connectivity index (χ1) is 10.7. The zero-order valence-corrected chi connectivity index (χ0v) is 13.9. The number of hydrogen-bond donors (Lipinski definition) is 1. The van der Waals surface area contributed by atoms with Gasteiger partial charge in [0.2, 0.25) is 0 Å². The van der Waals surface area contributed by atoms with Gasteiger partial charge in [0.05, 0.1) is 0 Å². The van der Waals surface area contributed by atoms with Crippen LogP contribution in [0, 0.1) is 5.92 Å². The summed E-state index contributed by atoms with van der Waals surface area (Å²) in [5.41, 5.74) is 3.33. The Hall–Kier alpha value is -1.02. The second kappa shape index (κ2) is 5.56. The standard InChI is InChI=1S/C20H29NO/c1-15-8-11-21(13-16-4-5-16)14-20(9-2-3-10-20)19-7-6-17(22)12-18(15)19/h6-7,12,15-16,22H,2-5,8-11,13-14H2,1H3. The van der Waals surface area contributed by atoms with Gasteiger partial charge in [0.15, 0.2) is 0 Å². The van der Waals surface area contributed by atoms with E-state index in [2.05, 4.69) is 24.0 Å². The van der Waals surface area contributed by atoms with Crippen LogP contribution in [0.25, 0.3) is 0 Å². The summed E-state index contributed by atoms with van der Waals surface area (Å²) in [7, 11) is 0. The van der Waals surface area contributed by atoms with E-state index in [-0.39, 0.29) is 0 Å². The Labute approximate surface area is 134 Å². The van der Waals surface area contributed by atoms with Gasteiger partial charge in [-0.15, -0.1) is 0 Å². The molecule has 1 N–H and O–H groups in total. The van der Waals surface area contributed by atoms with E-state index in [9.17, 15) is 5.11 Å². The van der Waals surface area contributed by atoms with Crippen molar-refractivity contribution in [1.29, 1.82) is 0 Å². The van der Waals surface area contributed by atoms with E-state index >= 15 is 0 Å². The Morgan fingerprint density at radius 1 is 1.18 bits per heavy atom. The molecule has 1 aromatic carbocycles. The van der Waals surface area contributed by atoms with Crippen LogP contribution in [0.5, 0.6) is 5.75 Å². The Morgan fingerprint density at radius 3 is 2.68 bits per heavy atom. The largest absolute Gasteiger partial charge is 0.508 e. The molecule has 2 saturated carbocycles. The maximum Gasteiger partial charge on any atom is 0.115 e. The fraction of sp³-hybridized carbons (Fsp3) is 0.700. The predicted molar refractivity (Wildman–Crippen MR) is 90.4 cm³/mol. The molecule has 0 amide bonds. The van der Waals surface area contributed by atoms with Crippen molar-refractivity contribution in [2.75, 3.05) is 19.6 Å². The Bertz CT molecular complexity index is 543. The molecule has 2 nitrogen and oxygen atoms in total. The summed E-state index contributed by atoms with van der Waals surface area (Å²) in [5, 5.41) is 9.97. The van der Waals surface area contributed by atoms with Crippen molar-refractivity contribution in [3.63, 3.8) is 0 Å². The van der Waals surface area contributed by atoms with E-state index in [4.69, 9.17) is 0 Å². The molecule has 0 saturated heterocycles. The van der Waals surface area contributed by atoms with Crippen molar-refractivity contribution in [2.45, 2.75) is 63.2 Å². The third kappa shape index (κ3) is 2.67. The average Bonchev–Trinajstić information content (AvgIpc) is 3.19. The molecule has 0 bridgehead atoms. The number of fused-ring (bicyclic) bond motifs is 2. The summed E-state index contributed by atoms with van der Waals surface area (Å²) in [6.45, 7) is 6.14.